The summed E-state index contributed by atoms with van der Waals surface area (Å²) in [6, 6.07) is 6.13. The Kier molecular flexibility index (Phi) is 4.36. The summed E-state index contributed by atoms with van der Waals surface area (Å²) in [5.41, 5.74) is 1.24. The van der Waals surface area contributed by atoms with Gasteiger partial charge in [-0.2, -0.15) is 11.8 Å². The Morgan fingerprint density at radius 2 is 2.06 bits per heavy atom. The van der Waals surface area contributed by atoms with Crippen molar-refractivity contribution in [3.8, 4) is 11.5 Å². The highest BCUT2D eigenvalue weighted by molar-refractivity contribution is 7.98. The number of hydrogen-bond donors (Lipinski definition) is 1. The lowest BCUT2D eigenvalue weighted by atomic mass is 10.2. The molecule has 0 saturated carbocycles. The topological polar surface area (TPSA) is 30.5 Å². The van der Waals surface area contributed by atoms with Gasteiger partial charge in [-0.1, -0.05) is 6.07 Å². The van der Waals surface area contributed by atoms with Gasteiger partial charge in [0.15, 0.2) is 11.5 Å². The first-order chi connectivity index (χ1) is 7.90. The average Bonchev–Trinajstić information content (AvgIpc) is 2.34. The van der Waals surface area contributed by atoms with Crippen molar-refractivity contribution in [3.05, 3.63) is 23.8 Å². The Morgan fingerprint density at radius 3 is 2.88 bits per heavy atom. The number of fused-ring (bicyclic) bond motifs is 1. The molecule has 0 saturated heterocycles. The van der Waals surface area contributed by atoms with Crippen LogP contribution in [-0.4, -0.2) is 31.8 Å². The monoisotopic (exact) mass is 239 g/mol. The van der Waals surface area contributed by atoms with Gasteiger partial charge in [-0.25, -0.2) is 0 Å². The zero-order valence-corrected chi connectivity index (χ0v) is 10.3. The maximum Gasteiger partial charge on any atom is 0.161 e. The van der Waals surface area contributed by atoms with Crippen molar-refractivity contribution in [1.29, 1.82) is 0 Å². The molecule has 2 rings (SSSR count). The van der Waals surface area contributed by atoms with E-state index in [1.54, 1.807) is 0 Å². The lowest BCUT2D eigenvalue weighted by Crippen LogP contribution is -2.18. The number of benzene rings is 1. The standard InChI is InChI=1S/C12H17NO2S/c1-16-7-4-13-9-10-2-3-11-12(8-10)15-6-5-14-11/h2-3,8,13H,4-7,9H2,1H3. The molecule has 1 aliphatic heterocycles. The van der Waals surface area contributed by atoms with Crippen LogP contribution < -0.4 is 14.8 Å². The molecule has 88 valence electrons. The molecule has 0 aliphatic carbocycles. The van der Waals surface area contributed by atoms with E-state index in [1.165, 1.54) is 5.56 Å². The Balaban J connectivity index is 1.90. The normalized spacial score (nSPS) is 13.8. The second kappa shape index (κ2) is 6.01. The summed E-state index contributed by atoms with van der Waals surface area (Å²) < 4.78 is 11.0. The van der Waals surface area contributed by atoms with E-state index in [9.17, 15) is 0 Å². The molecule has 0 fully saturated rings. The zero-order valence-electron chi connectivity index (χ0n) is 9.49. The molecule has 0 spiro atoms. The molecule has 0 bridgehead atoms. The number of rotatable bonds is 5. The first-order valence-corrected chi connectivity index (χ1v) is 6.88. The predicted molar refractivity (Wildman–Crippen MR) is 67.5 cm³/mol. The molecule has 0 atom stereocenters. The Labute approximate surface area is 101 Å². The fourth-order valence-electron chi connectivity index (χ4n) is 1.60. The van der Waals surface area contributed by atoms with Crippen LogP contribution in [0, 0.1) is 0 Å². The van der Waals surface area contributed by atoms with Crippen LogP contribution in [0.3, 0.4) is 0 Å². The third-order valence-electron chi connectivity index (χ3n) is 2.42. The van der Waals surface area contributed by atoms with Gasteiger partial charge < -0.3 is 14.8 Å². The number of thioether (sulfide) groups is 1. The Morgan fingerprint density at radius 1 is 1.25 bits per heavy atom. The summed E-state index contributed by atoms with van der Waals surface area (Å²) in [5, 5.41) is 3.39. The van der Waals surface area contributed by atoms with E-state index in [0.29, 0.717) is 13.2 Å². The quantitative estimate of drug-likeness (QED) is 0.795. The van der Waals surface area contributed by atoms with E-state index < -0.39 is 0 Å². The van der Waals surface area contributed by atoms with Crippen molar-refractivity contribution in [3.63, 3.8) is 0 Å². The number of hydrogen-bond acceptors (Lipinski definition) is 4. The predicted octanol–water partition coefficient (Wildman–Crippen LogP) is 1.91. The Hall–Kier alpha value is -0.870. The second-order valence-electron chi connectivity index (χ2n) is 3.65. The van der Waals surface area contributed by atoms with Crippen molar-refractivity contribution in [1.82, 2.24) is 5.32 Å². The molecule has 4 heteroatoms. The summed E-state index contributed by atoms with van der Waals surface area (Å²) >= 11 is 1.85. The van der Waals surface area contributed by atoms with Gasteiger partial charge in [0, 0.05) is 18.8 Å². The summed E-state index contributed by atoms with van der Waals surface area (Å²) in [6.45, 7) is 3.22. The highest BCUT2D eigenvalue weighted by Crippen LogP contribution is 2.30. The van der Waals surface area contributed by atoms with Crippen LogP contribution in [0.2, 0.25) is 0 Å². The Bertz CT molecular complexity index is 344. The first-order valence-electron chi connectivity index (χ1n) is 5.48. The molecule has 3 nitrogen and oxygen atoms in total. The van der Waals surface area contributed by atoms with Gasteiger partial charge in [0.25, 0.3) is 0 Å². The minimum Gasteiger partial charge on any atom is -0.486 e. The van der Waals surface area contributed by atoms with E-state index >= 15 is 0 Å². The minimum absolute atomic E-state index is 0.649. The molecule has 0 radical (unpaired) electrons. The molecule has 1 heterocycles. The highest BCUT2D eigenvalue weighted by atomic mass is 32.2. The lowest BCUT2D eigenvalue weighted by molar-refractivity contribution is 0.171. The second-order valence-corrected chi connectivity index (χ2v) is 4.63. The van der Waals surface area contributed by atoms with Gasteiger partial charge in [-0.05, 0) is 24.0 Å². The van der Waals surface area contributed by atoms with Crippen LogP contribution >= 0.6 is 11.8 Å². The van der Waals surface area contributed by atoms with Crippen molar-refractivity contribution >= 4 is 11.8 Å². The van der Waals surface area contributed by atoms with Crippen molar-refractivity contribution in [2.24, 2.45) is 0 Å². The molecule has 1 N–H and O–H groups in total. The van der Waals surface area contributed by atoms with Crippen molar-refractivity contribution < 1.29 is 9.47 Å². The lowest BCUT2D eigenvalue weighted by Gasteiger charge is -2.18. The minimum atomic E-state index is 0.649. The third kappa shape index (κ3) is 3.06. The molecular weight excluding hydrogens is 222 g/mol. The van der Waals surface area contributed by atoms with Crippen LogP contribution in [0.5, 0.6) is 11.5 Å². The SMILES string of the molecule is CSCCNCc1ccc2c(c1)OCCO2. The van der Waals surface area contributed by atoms with Crippen LogP contribution in [0.4, 0.5) is 0 Å². The molecule has 0 unspecified atom stereocenters. The van der Waals surface area contributed by atoms with E-state index in [4.69, 9.17) is 9.47 Å². The van der Waals surface area contributed by atoms with Gasteiger partial charge in [0.2, 0.25) is 0 Å². The van der Waals surface area contributed by atoms with Crippen LogP contribution in [0.1, 0.15) is 5.56 Å². The fourth-order valence-corrected chi connectivity index (χ4v) is 1.95. The number of nitrogens with one attached hydrogen (secondary N) is 1. The maximum atomic E-state index is 5.53. The van der Waals surface area contributed by atoms with Crippen LogP contribution in [0.25, 0.3) is 0 Å². The average molecular weight is 239 g/mol. The van der Waals surface area contributed by atoms with Crippen molar-refractivity contribution in [2.75, 3.05) is 31.8 Å². The molecule has 1 aromatic rings. The summed E-state index contributed by atoms with van der Waals surface area (Å²) in [4.78, 5) is 0. The van der Waals surface area contributed by atoms with Crippen LogP contribution in [0.15, 0.2) is 18.2 Å². The van der Waals surface area contributed by atoms with Gasteiger partial charge in [0.1, 0.15) is 13.2 Å². The van der Waals surface area contributed by atoms with Gasteiger partial charge in [-0.15, -0.1) is 0 Å². The summed E-state index contributed by atoms with van der Waals surface area (Å²) in [6.07, 6.45) is 2.12. The largest absolute Gasteiger partial charge is 0.486 e. The van der Waals surface area contributed by atoms with E-state index in [2.05, 4.69) is 23.7 Å². The van der Waals surface area contributed by atoms with Gasteiger partial charge in [-0.3, -0.25) is 0 Å². The highest BCUT2D eigenvalue weighted by Gasteiger charge is 2.11. The molecular formula is C12H17NO2S. The zero-order chi connectivity index (χ0) is 11.2. The first kappa shape index (κ1) is 11.6. The molecule has 0 amide bonds. The van der Waals surface area contributed by atoms with Crippen molar-refractivity contribution in [2.45, 2.75) is 6.54 Å². The molecule has 1 aliphatic rings. The molecule has 0 aromatic heterocycles. The van der Waals surface area contributed by atoms with Crippen LogP contribution in [-0.2, 0) is 6.54 Å². The smallest absolute Gasteiger partial charge is 0.161 e. The van der Waals surface area contributed by atoms with E-state index in [0.717, 1.165) is 30.3 Å². The van der Waals surface area contributed by atoms with E-state index in [1.807, 2.05) is 17.8 Å². The summed E-state index contributed by atoms with van der Waals surface area (Å²) in [5.74, 6) is 2.87. The molecule has 1 aromatic carbocycles. The fraction of sp³-hybridized carbons (Fsp3) is 0.500. The maximum absolute atomic E-state index is 5.53. The summed E-state index contributed by atoms with van der Waals surface area (Å²) in [7, 11) is 0. The third-order valence-corrected chi connectivity index (χ3v) is 3.03. The van der Waals surface area contributed by atoms with Gasteiger partial charge >= 0.3 is 0 Å². The van der Waals surface area contributed by atoms with Gasteiger partial charge in [0.05, 0.1) is 0 Å². The number of ether oxygens (including phenoxy) is 2. The van der Waals surface area contributed by atoms with E-state index in [-0.39, 0.29) is 0 Å². The molecule has 16 heavy (non-hydrogen) atoms.